The molecule has 7 nitrogen and oxygen atoms in total. The summed E-state index contributed by atoms with van der Waals surface area (Å²) < 4.78 is 5.68. The molecule has 1 aromatic heterocycles. The fourth-order valence-electron chi connectivity index (χ4n) is 3.00. The molecule has 0 aliphatic heterocycles. The smallest absolute Gasteiger partial charge is 0.287 e. The Morgan fingerprint density at radius 3 is 2.52 bits per heavy atom. The number of carbonyl (C=O) groups is 1. The van der Waals surface area contributed by atoms with E-state index >= 15 is 0 Å². The molecule has 0 aliphatic rings. The van der Waals surface area contributed by atoms with Crippen molar-refractivity contribution in [2.75, 3.05) is 20.6 Å². The van der Waals surface area contributed by atoms with Crippen molar-refractivity contribution >= 4 is 23.2 Å². The maximum atomic E-state index is 12.7. The Kier molecular flexibility index (Phi) is 6.31. The van der Waals surface area contributed by atoms with Crippen LogP contribution in [0.3, 0.4) is 0 Å². The van der Waals surface area contributed by atoms with Gasteiger partial charge in [-0.15, -0.1) is 0 Å². The minimum atomic E-state index is -0.521. The summed E-state index contributed by atoms with van der Waals surface area (Å²) >= 11 is 6.15. The zero-order chi connectivity index (χ0) is 21.0. The van der Waals surface area contributed by atoms with Crippen LogP contribution >= 0.6 is 11.6 Å². The molecule has 8 heteroatoms. The molecule has 2 N–H and O–H groups in total. The van der Waals surface area contributed by atoms with Gasteiger partial charge < -0.3 is 14.6 Å². The first-order chi connectivity index (χ1) is 13.8. The number of likely N-dealkylation sites (N-methyl/N-ethyl adjacent to an activating group) is 1. The number of amides is 1. The third kappa shape index (κ3) is 5.01. The van der Waals surface area contributed by atoms with Gasteiger partial charge in [-0.05, 0) is 23.8 Å². The number of benzene rings is 2. The van der Waals surface area contributed by atoms with Crippen LogP contribution in [0.4, 0.5) is 5.69 Å². The van der Waals surface area contributed by atoms with Crippen molar-refractivity contribution in [1.29, 1.82) is 0 Å². The van der Waals surface area contributed by atoms with Gasteiger partial charge in [-0.2, -0.15) is 0 Å². The number of hydrogen-bond acceptors (Lipinski definition) is 4. The average Bonchev–Trinajstić information content (AvgIpc) is 3.17. The van der Waals surface area contributed by atoms with Crippen molar-refractivity contribution in [2.45, 2.75) is 6.04 Å². The van der Waals surface area contributed by atoms with Crippen LogP contribution in [0, 0.1) is 10.1 Å². The van der Waals surface area contributed by atoms with E-state index in [0.29, 0.717) is 17.9 Å². The lowest BCUT2D eigenvalue weighted by molar-refractivity contribution is -0.860. The first-order valence-corrected chi connectivity index (χ1v) is 9.42. The second-order valence-electron chi connectivity index (χ2n) is 6.93. The predicted octanol–water partition coefficient (Wildman–Crippen LogP) is 3.12. The molecular formula is C21H21ClN3O4+. The molecule has 0 aliphatic carbocycles. The fraction of sp³-hybridized carbons (Fsp3) is 0.190. The van der Waals surface area contributed by atoms with Crippen LogP contribution < -0.4 is 10.2 Å². The van der Waals surface area contributed by atoms with Crippen LogP contribution in [0.15, 0.2) is 65.1 Å². The van der Waals surface area contributed by atoms with Gasteiger partial charge in [0, 0.05) is 17.7 Å². The van der Waals surface area contributed by atoms with Gasteiger partial charge in [0.05, 0.1) is 24.0 Å². The van der Waals surface area contributed by atoms with Crippen LogP contribution in [0.2, 0.25) is 5.02 Å². The number of carbonyl (C=O) groups excluding carboxylic acids is 1. The van der Waals surface area contributed by atoms with E-state index in [9.17, 15) is 14.9 Å². The lowest BCUT2D eigenvalue weighted by Crippen LogP contribution is -3.06. The zero-order valence-corrected chi connectivity index (χ0v) is 16.8. The standard InChI is InChI=1S/C21H20ClN3O4/c1-24(2)13-18(14-6-4-3-5-7-14)23-21(26)20-11-10-19(29-20)16-9-8-15(25(27)28)12-17(16)22/h3-12,18H,13H2,1-2H3,(H,23,26)/p+1/t18-/m0/s1. The van der Waals surface area contributed by atoms with Crippen molar-refractivity contribution in [3.63, 3.8) is 0 Å². The number of rotatable bonds is 7. The lowest BCUT2D eigenvalue weighted by Gasteiger charge is -2.20. The van der Waals surface area contributed by atoms with E-state index in [0.717, 1.165) is 5.56 Å². The number of non-ortho nitro benzene ring substituents is 1. The molecule has 0 fully saturated rings. The predicted molar refractivity (Wildman–Crippen MR) is 110 cm³/mol. The molecule has 150 valence electrons. The van der Waals surface area contributed by atoms with Crippen LogP contribution in [0.1, 0.15) is 22.2 Å². The summed E-state index contributed by atoms with van der Waals surface area (Å²) in [6.45, 7) is 0.706. The van der Waals surface area contributed by atoms with E-state index in [1.54, 1.807) is 12.1 Å². The summed E-state index contributed by atoms with van der Waals surface area (Å²) in [5, 5.41) is 14.0. The van der Waals surface area contributed by atoms with E-state index in [1.165, 1.54) is 23.1 Å². The molecule has 0 spiro atoms. The summed E-state index contributed by atoms with van der Waals surface area (Å²) in [5.41, 5.74) is 1.38. The topological polar surface area (TPSA) is 89.8 Å². The molecule has 0 bridgehead atoms. The van der Waals surface area contributed by atoms with Gasteiger partial charge in [0.25, 0.3) is 11.6 Å². The molecule has 1 atom stereocenters. The van der Waals surface area contributed by atoms with Crippen molar-refractivity contribution < 1.29 is 19.0 Å². The van der Waals surface area contributed by atoms with Crippen LogP contribution in [-0.2, 0) is 0 Å². The third-order valence-corrected chi connectivity index (χ3v) is 4.69. The normalized spacial score (nSPS) is 12.0. The van der Waals surface area contributed by atoms with Crippen LogP contribution in [-0.4, -0.2) is 31.5 Å². The molecule has 0 saturated heterocycles. The van der Waals surface area contributed by atoms with Gasteiger partial charge in [-0.1, -0.05) is 41.9 Å². The quantitative estimate of drug-likeness (QED) is 0.459. The Hall–Kier alpha value is -3.16. The first-order valence-electron chi connectivity index (χ1n) is 9.04. The Labute approximate surface area is 173 Å². The van der Waals surface area contributed by atoms with Crippen molar-refractivity contribution in [3.05, 3.63) is 87.1 Å². The van der Waals surface area contributed by atoms with E-state index < -0.39 is 4.92 Å². The lowest BCUT2D eigenvalue weighted by atomic mass is 10.1. The van der Waals surface area contributed by atoms with Gasteiger partial charge in [0.15, 0.2) is 5.76 Å². The number of quaternary nitrogens is 1. The highest BCUT2D eigenvalue weighted by Gasteiger charge is 2.21. The summed E-state index contributed by atoms with van der Waals surface area (Å²) in [6, 6.07) is 16.8. The minimum absolute atomic E-state index is 0.111. The SMILES string of the molecule is C[NH+](C)C[C@H](NC(=O)c1ccc(-c2ccc([N+](=O)[O-])cc2Cl)o1)c1ccccc1. The number of hydrogen-bond donors (Lipinski definition) is 2. The van der Waals surface area contributed by atoms with Crippen LogP contribution in [0.25, 0.3) is 11.3 Å². The monoisotopic (exact) mass is 414 g/mol. The Balaban J connectivity index is 1.80. The Bertz CT molecular complexity index is 1020. The molecule has 3 rings (SSSR count). The van der Waals surface area contributed by atoms with Gasteiger partial charge in [-0.25, -0.2) is 0 Å². The van der Waals surface area contributed by atoms with E-state index in [1.807, 2.05) is 44.4 Å². The fourth-order valence-corrected chi connectivity index (χ4v) is 3.27. The maximum Gasteiger partial charge on any atom is 0.287 e. The molecule has 0 saturated carbocycles. The number of nitrogens with one attached hydrogen (secondary N) is 2. The molecule has 1 amide bonds. The van der Waals surface area contributed by atoms with E-state index in [2.05, 4.69) is 5.32 Å². The summed E-state index contributed by atoms with van der Waals surface area (Å²) in [7, 11) is 4.04. The van der Waals surface area contributed by atoms with Crippen molar-refractivity contribution in [1.82, 2.24) is 5.32 Å². The van der Waals surface area contributed by atoms with E-state index in [-0.39, 0.29) is 28.4 Å². The molecule has 0 unspecified atom stereocenters. The highest BCUT2D eigenvalue weighted by molar-refractivity contribution is 6.33. The zero-order valence-electron chi connectivity index (χ0n) is 16.0. The average molecular weight is 415 g/mol. The van der Waals surface area contributed by atoms with Crippen LogP contribution in [0.5, 0.6) is 0 Å². The summed E-state index contributed by atoms with van der Waals surface area (Å²) in [6.07, 6.45) is 0. The molecule has 3 aromatic rings. The molecule has 1 heterocycles. The van der Waals surface area contributed by atoms with E-state index in [4.69, 9.17) is 16.0 Å². The maximum absolute atomic E-state index is 12.7. The number of nitrogens with zero attached hydrogens (tertiary/aromatic N) is 1. The van der Waals surface area contributed by atoms with Gasteiger partial charge >= 0.3 is 0 Å². The van der Waals surface area contributed by atoms with Gasteiger partial charge in [0.2, 0.25) is 0 Å². The highest BCUT2D eigenvalue weighted by Crippen LogP contribution is 2.32. The van der Waals surface area contributed by atoms with Crippen molar-refractivity contribution in [2.24, 2.45) is 0 Å². The second kappa shape index (κ2) is 8.89. The largest absolute Gasteiger partial charge is 0.451 e. The highest BCUT2D eigenvalue weighted by atomic mass is 35.5. The van der Waals surface area contributed by atoms with Gasteiger partial charge in [0.1, 0.15) is 18.3 Å². The Morgan fingerprint density at radius 2 is 1.90 bits per heavy atom. The number of nitro benzene ring substituents is 1. The molecule has 2 aromatic carbocycles. The number of halogens is 1. The van der Waals surface area contributed by atoms with Crippen molar-refractivity contribution in [3.8, 4) is 11.3 Å². The van der Waals surface area contributed by atoms with Gasteiger partial charge in [-0.3, -0.25) is 14.9 Å². The first kappa shape index (κ1) is 20.6. The third-order valence-electron chi connectivity index (χ3n) is 4.38. The second-order valence-corrected chi connectivity index (χ2v) is 7.34. The minimum Gasteiger partial charge on any atom is -0.451 e. The molecule has 0 radical (unpaired) electrons. The Morgan fingerprint density at radius 1 is 1.17 bits per heavy atom. The number of furan rings is 1. The molecular weight excluding hydrogens is 394 g/mol. The summed E-state index contributed by atoms with van der Waals surface area (Å²) in [5.74, 6) is 0.165. The molecule has 29 heavy (non-hydrogen) atoms. The number of nitro groups is 1. The summed E-state index contributed by atoms with van der Waals surface area (Å²) in [4.78, 5) is 24.3.